The van der Waals surface area contributed by atoms with E-state index in [2.05, 4.69) is 30.5 Å². The highest BCUT2D eigenvalue weighted by molar-refractivity contribution is 7.46. The molecule has 0 amide bonds. The van der Waals surface area contributed by atoms with Gasteiger partial charge in [-0.2, -0.15) is 0 Å². The van der Waals surface area contributed by atoms with Crippen LogP contribution in [0.5, 0.6) is 0 Å². The van der Waals surface area contributed by atoms with Gasteiger partial charge in [-0.1, -0.05) is 106 Å². The second-order valence-electron chi connectivity index (χ2n) is 8.75. The predicted octanol–water partition coefficient (Wildman–Crippen LogP) is 7.22. The third kappa shape index (κ3) is 28.3. The van der Waals surface area contributed by atoms with Gasteiger partial charge in [0.25, 0.3) is 0 Å². The standard InChI is InChI=1S/C30H47O8P/c1-3-5-7-9-11-13-14-15-16-17-19-21-23-25-30(32)38-28(27-37-39(33,34)35)26-36-29(31)24-22-20-18-12-10-8-6-4-2/h5,7,9,11,13-20,28H,3-4,6,8,10,12,21-27H2,1-2H3,(H2,33,34,35)/b7-5+,11-9+,14-13+,16-15+,19-17+,20-18+. The van der Waals surface area contributed by atoms with Crippen LogP contribution in [0.4, 0.5) is 0 Å². The van der Waals surface area contributed by atoms with E-state index < -0.39 is 32.5 Å². The average molecular weight is 567 g/mol. The molecule has 8 nitrogen and oxygen atoms in total. The maximum absolute atomic E-state index is 12.2. The lowest BCUT2D eigenvalue weighted by atomic mass is 10.1. The molecule has 0 aliphatic rings. The minimum absolute atomic E-state index is 0.105. The van der Waals surface area contributed by atoms with E-state index in [9.17, 15) is 14.2 Å². The number of hydrogen-bond donors (Lipinski definition) is 2. The Balaban J connectivity index is 4.35. The van der Waals surface area contributed by atoms with E-state index in [1.807, 2.05) is 60.8 Å². The van der Waals surface area contributed by atoms with Crippen molar-refractivity contribution in [1.82, 2.24) is 0 Å². The quantitative estimate of drug-likeness (QED) is 0.0437. The molecule has 0 fully saturated rings. The summed E-state index contributed by atoms with van der Waals surface area (Å²) in [6, 6.07) is 0. The van der Waals surface area contributed by atoms with Gasteiger partial charge in [-0.15, -0.1) is 0 Å². The van der Waals surface area contributed by atoms with E-state index in [4.69, 9.17) is 19.3 Å². The number of phosphoric ester groups is 1. The molecule has 0 radical (unpaired) electrons. The van der Waals surface area contributed by atoms with Crippen LogP contribution in [0.15, 0.2) is 72.9 Å². The summed E-state index contributed by atoms with van der Waals surface area (Å²) in [5.74, 6) is -1.05. The lowest BCUT2D eigenvalue weighted by Gasteiger charge is -2.18. The second kappa shape index (κ2) is 25.8. The van der Waals surface area contributed by atoms with Crippen LogP contribution in [0, 0.1) is 0 Å². The SMILES string of the molecule is CC/C=C/C=C/C=C/C=C/C=C/CCCC(=O)OC(COC(=O)CC/C=C/CCCCCC)COP(=O)(O)O. The molecule has 39 heavy (non-hydrogen) atoms. The Morgan fingerprint density at radius 3 is 1.95 bits per heavy atom. The Morgan fingerprint density at radius 2 is 1.31 bits per heavy atom. The maximum atomic E-state index is 12.2. The van der Waals surface area contributed by atoms with Gasteiger partial charge in [-0.3, -0.25) is 14.1 Å². The lowest BCUT2D eigenvalue weighted by Crippen LogP contribution is -2.29. The first-order valence-electron chi connectivity index (χ1n) is 13.8. The molecule has 1 atom stereocenters. The van der Waals surface area contributed by atoms with Gasteiger partial charge in [0.2, 0.25) is 0 Å². The van der Waals surface area contributed by atoms with E-state index in [1.165, 1.54) is 19.3 Å². The number of hydrogen-bond acceptors (Lipinski definition) is 6. The molecule has 0 aromatic rings. The summed E-state index contributed by atoms with van der Waals surface area (Å²) < 4.78 is 25.9. The minimum atomic E-state index is -4.77. The molecule has 0 aromatic heterocycles. The van der Waals surface area contributed by atoms with Gasteiger partial charge in [0.05, 0.1) is 6.61 Å². The summed E-state index contributed by atoms with van der Waals surface area (Å²) in [5, 5.41) is 0. The molecule has 9 heteroatoms. The van der Waals surface area contributed by atoms with Crippen molar-refractivity contribution in [3.8, 4) is 0 Å². The van der Waals surface area contributed by atoms with Crippen molar-refractivity contribution in [3.63, 3.8) is 0 Å². The van der Waals surface area contributed by atoms with Gasteiger partial charge in [0.15, 0.2) is 6.10 Å². The zero-order chi connectivity index (χ0) is 29.0. The van der Waals surface area contributed by atoms with Gasteiger partial charge >= 0.3 is 19.8 Å². The normalized spacial score (nSPS) is 13.6. The number of unbranched alkanes of at least 4 members (excludes halogenated alkanes) is 5. The molecule has 0 saturated carbocycles. The molecule has 0 heterocycles. The lowest BCUT2D eigenvalue weighted by molar-refractivity contribution is -0.161. The Labute approximate surface area is 234 Å². The molecule has 0 bridgehead atoms. The first-order valence-corrected chi connectivity index (χ1v) is 15.3. The molecule has 0 aliphatic carbocycles. The summed E-state index contributed by atoms with van der Waals surface area (Å²) in [5.41, 5.74) is 0. The van der Waals surface area contributed by atoms with E-state index in [1.54, 1.807) is 0 Å². The van der Waals surface area contributed by atoms with Crippen LogP contribution in [-0.2, 0) is 28.2 Å². The highest BCUT2D eigenvalue weighted by atomic mass is 31.2. The first-order chi connectivity index (χ1) is 18.8. The second-order valence-corrected chi connectivity index (χ2v) is 9.99. The van der Waals surface area contributed by atoms with Crippen LogP contribution in [0.3, 0.4) is 0 Å². The topological polar surface area (TPSA) is 119 Å². The Bertz CT molecular complexity index is 864. The molecule has 1 unspecified atom stereocenters. The van der Waals surface area contributed by atoms with Crippen molar-refractivity contribution in [3.05, 3.63) is 72.9 Å². The monoisotopic (exact) mass is 566 g/mol. The summed E-state index contributed by atoms with van der Waals surface area (Å²) in [6.45, 7) is 3.32. The zero-order valence-corrected chi connectivity index (χ0v) is 24.4. The molecule has 0 aromatic carbocycles. The smallest absolute Gasteiger partial charge is 0.462 e. The summed E-state index contributed by atoms with van der Waals surface area (Å²) in [4.78, 5) is 42.1. The molecule has 0 spiro atoms. The molecule has 0 rings (SSSR count). The van der Waals surface area contributed by atoms with E-state index in [0.29, 0.717) is 19.3 Å². The highest BCUT2D eigenvalue weighted by Gasteiger charge is 2.22. The molecular weight excluding hydrogens is 519 g/mol. The Morgan fingerprint density at radius 1 is 0.692 bits per heavy atom. The van der Waals surface area contributed by atoms with Gasteiger partial charge in [0, 0.05) is 12.8 Å². The van der Waals surface area contributed by atoms with E-state index >= 15 is 0 Å². The largest absolute Gasteiger partial charge is 0.469 e. The van der Waals surface area contributed by atoms with Gasteiger partial charge in [-0.05, 0) is 38.5 Å². The summed E-state index contributed by atoms with van der Waals surface area (Å²) in [6.07, 6.45) is 31.0. The van der Waals surface area contributed by atoms with Gasteiger partial charge < -0.3 is 19.3 Å². The Hall–Kier alpha value is -2.51. The van der Waals surface area contributed by atoms with Gasteiger partial charge in [0.1, 0.15) is 6.61 Å². The van der Waals surface area contributed by atoms with Crippen molar-refractivity contribution in [2.24, 2.45) is 0 Å². The number of carbonyl (C=O) groups excluding carboxylic acids is 2. The minimum Gasteiger partial charge on any atom is -0.462 e. The van der Waals surface area contributed by atoms with Gasteiger partial charge in [-0.25, -0.2) is 4.57 Å². The number of esters is 2. The van der Waals surface area contributed by atoms with Crippen LogP contribution >= 0.6 is 7.82 Å². The fourth-order valence-corrected chi connectivity index (χ4v) is 3.42. The van der Waals surface area contributed by atoms with Crippen molar-refractivity contribution in [2.75, 3.05) is 13.2 Å². The third-order valence-corrected chi connectivity index (χ3v) is 5.59. The Kier molecular flexibility index (Phi) is 24.1. The molecule has 220 valence electrons. The number of rotatable bonds is 23. The predicted molar refractivity (Wildman–Crippen MR) is 156 cm³/mol. The highest BCUT2D eigenvalue weighted by Crippen LogP contribution is 2.35. The molecular formula is C30H47O8P. The number of phosphoric acid groups is 1. The van der Waals surface area contributed by atoms with Crippen molar-refractivity contribution >= 4 is 19.8 Å². The average Bonchev–Trinajstić information content (AvgIpc) is 2.89. The molecule has 0 saturated heterocycles. The summed E-state index contributed by atoms with van der Waals surface area (Å²) in [7, 11) is -4.77. The van der Waals surface area contributed by atoms with Crippen LogP contribution in [0.25, 0.3) is 0 Å². The van der Waals surface area contributed by atoms with Crippen LogP contribution in [0.1, 0.15) is 84.5 Å². The van der Waals surface area contributed by atoms with Crippen molar-refractivity contribution in [1.29, 1.82) is 0 Å². The van der Waals surface area contributed by atoms with E-state index in [-0.39, 0.29) is 19.4 Å². The van der Waals surface area contributed by atoms with Crippen molar-refractivity contribution in [2.45, 2.75) is 90.6 Å². The van der Waals surface area contributed by atoms with E-state index in [0.717, 1.165) is 19.3 Å². The fourth-order valence-electron chi connectivity index (χ4n) is 3.06. The third-order valence-electron chi connectivity index (χ3n) is 5.10. The number of allylic oxidation sites excluding steroid dienone is 12. The number of ether oxygens (including phenoxy) is 2. The molecule has 0 aliphatic heterocycles. The number of carbonyl (C=O) groups is 2. The fraction of sp³-hybridized carbons (Fsp3) is 0.533. The zero-order valence-electron chi connectivity index (χ0n) is 23.5. The van der Waals surface area contributed by atoms with Crippen LogP contribution < -0.4 is 0 Å². The maximum Gasteiger partial charge on any atom is 0.469 e. The van der Waals surface area contributed by atoms with Crippen molar-refractivity contribution < 1.29 is 37.9 Å². The van der Waals surface area contributed by atoms with Crippen LogP contribution in [-0.4, -0.2) is 41.0 Å². The first kappa shape index (κ1) is 36.5. The molecule has 2 N–H and O–H groups in total. The van der Waals surface area contributed by atoms with Crippen LogP contribution in [0.2, 0.25) is 0 Å². The summed E-state index contributed by atoms with van der Waals surface area (Å²) >= 11 is 0.